The topological polar surface area (TPSA) is 85.5 Å². The van der Waals surface area contributed by atoms with Crippen molar-refractivity contribution < 1.29 is 9.53 Å². The Hall–Kier alpha value is -3.80. The van der Waals surface area contributed by atoms with Gasteiger partial charge in [-0.15, -0.1) is 5.92 Å². The average Bonchev–Trinajstić information content (AvgIpc) is 3.26. The van der Waals surface area contributed by atoms with Gasteiger partial charge in [0, 0.05) is 26.7 Å². The Morgan fingerprint density at radius 2 is 1.86 bits per heavy atom. The number of likely N-dealkylation sites (N-methyl/N-ethyl adjacent to an activating group) is 1. The number of carbonyl (C=O) groups excluding carboxylic acids is 1. The van der Waals surface area contributed by atoms with Gasteiger partial charge in [-0.3, -0.25) is 18.7 Å². The lowest BCUT2D eigenvalue weighted by atomic mass is 10.1. The van der Waals surface area contributed by atoms with Crippen molar-refractivity contribution in [2.45, 2.75) is 52.6 Å². The summed E-state index contributed by atoms with van der Waals surface area (Å²) in [7, 11) is 1.74. The first-order chi connectivity index (χ1) is 17.5. The van der Waals surface area contributed by atoms with Crippen LogP contribution in [-0.4, -0.2) is 58.4 Å². The van der Waals surface area contributed by atoms with E-state index >= 15 is 0 Å². The summed E-state index contributed by atoms with van der Waals surface area (Å²) in [5.41, 5.74) is 1.75. The van der Waals surface area contributed by atoms with Crippen molar-refractivity contribution in [3.8, 4) is 11.8 Å². The summed E-state index contributed by atoms with van der Waals surface area (Å²) in [6.45, 7) is 6.40. The molecule has 4 rings (SSSR count). The van der Waals surface area contributed by atoms with Gasteiger partial charge in [-0.2, -0.15) is 9.97 Å². The monoisotopic (exact) mass is 490 g/mol. The van der Waals surface area contributed by atoms with Crippen LogP contribution in [0.2, 0.25) is 0 Å². The van der Waals surface area contributed by atoms with Crippen LogP contribution in [0.25, 0.3) is 11.2 Å². The molecule has 1 fully saturated rings. The number of anilines is 2. The molecule has 0 amide bonds. The molecule has 0 aliphatic carbocycles. The van der Waals surface area contributed by atoms with E-state index in [1.54, 1.807) is 30.4 Å². The van der Waals surface area contributed by atoms with Gasteiger partial charge in [0.15, 0.2) is 11.2 Å². The normalized spacial score (nSPS) is 13.4. The largest absolute Gasteiger partial charge is 0.465 e. The molecule has 0 unspecified atom stereocenters. The summed E-state index contributed by atoms with van der Waals surface area (Å²) < 4.78 is 8.68. The lowest BCUT2D eigenvalue weighted by Gasteiger charge is -2.27. The smallest absolute Gasteiger partial charge is 0.325 e. The van der Waals surface area contributed by atoms with Crippen molar-refractivity contribution in [2.24, 2.45) is 0 Å². The van der Waals surface area contributed by atoms with Gasteiger partial charge in [0.1, 0.15) is 6.54 Å². The minimum absolute atomic E-state index is 0.0157. The molecule has 1 aliphatic rings. The zero-order valence-corrected chi connectivity index (χ0v) is 21.4. The first-order valence-electron chi connectivity index (χ1n) is 12.6. The molecule has 9 nitrogen and oxygen atoms in total. The Morgan fingerprint density at radius 1 is 1.11 bits per heavy atom. The van der Waals surface area contributed by atoms with Gasteiger partial charge < -0.3 is 14.5 Å². The van der Waals surface area contributed by atoms with Gasteiger partial charge >= 0.3 is 5.97 Å². The Labute approximate surface area is 211 Å². The number of piperidine rings is 1. The molecule has 3 heterocycles. The molecule has 1 aromatic carbocycles. The molecule has 0 N–H and O–H groups in total. The third kappa shape index (κ3) is 5.54. The van der Waals surface area contributed by atoms with Crippen LogP contribution in [0.15, 0.2) is 35.1 Å². The minimum Gasteiger partial charge on any atom is -0.465 e. The zero-order chi connectivity index (χ0) is 25.5. The molecule has 0 bridgehead atoms. The molecule has 0 radical (unpaired) electrons. The summed E-state index contributed by atoms with van der Waals surface area (Å²) in [4.78, 5) is 39.8. The number of carbonyl (C=O) groups is 1. The highest BCUT2D eigenvalue weighted by Gasteiger charge is 2.25. The van der Waals surface area contributed by atoms with Crippen molar-refractivity contribution >= 4 is 29.0 Å². The molecule has 36 heavy (non-hydrogen) atoms. The van der Waals surface area contributed by atoms with E-state index < -0.39 is 0 Å². The Morgan fingerprint density at radius 3 is 2.56 bits per heavy atom. The van der Waals surface area contributed by atoms with E-state index in [9.17, 15) is 9.59 Å². The standard InChI is InChI=1S/C27H34N6O3/c1-4-6-18-32-23-24(29-27(32)31-16-11-8-12-17-31)28-26(30(3)20-22(34)36-5-2)33(25(23)35)19-15-21-13-9-7-10-14-21/h7,9-10,13-14H,5,8,11-12,15-20H2,1-3H3. The van der Waals surface area contributed by atoms with Gasteiger partial charge in [0.2, 0.25) is 11.9 Å². The molecule has 1 aliphatic heterocycles. The zero-order valence-electron chi connectivity index (χ0n) is 21.4. The molecule has 0 spiro atoms. The maximum absolute atomic E-state index is 14.0. The summed E-state index contributed by atoms with van der Waals surface area (Å²) in [5, 5.41) is 0. The van der Waals surface area contributed by atoms with E-state index in [1.165, 1.54) is 6.42 Å². The summed E-state index contributed by atoms with van der Waals surface area (Å²) in [6.07, 6.45) is 4.02. The van der Waals surface area contributed by atoms with Gasteiger partial charge in [-0.25, -0.2) is 0 Å². The molecular weight excluding hydrogens is 456 g/mol. The third-order valence-corrected chi connectivity index (χ3v) is 6.36. The molecule has 1 saturated heterocycles. The maximum atomic E-state index is 14.0. The number of aryl methyl sites for hydroxylation is 1. The van der Waals surface area contributed by atoms with Crippen LogP contribution in [0.5, 0.6) is 0 Å². The van der Waals surface area contributed by atoms with E-state index in [0.717, 1.165) is 37.4 Å². The molecule has 2 aromatic heterocycles. The first kappa shape index (κ1) is 25.3. The number of hydrogen-bond acceptors (Lipinski definition) is 7. The Bertz CT molecular complexity index is 1310. The number of fused-ring (bicyclic) bond motifs is 1. The quantitative estimate of drug-likeness (QED) is 0.337. The molecule has 9 heteroatoms. The lowest BCUT2D eigenvalue weighted by Crippen LogP contribution is -2.35. The van der Waals surface area contributed by atoms with Gasteiger partial charge in [-0.05, 0) is 45.1 Å². The number of esters is 1. The van der Waals surface area contributed by atoms with E-state index in [2.05, 4.69) is 16.7 Å². The minimum atomic E-state index is -0.373. The average molecular weight is 491 g/mol. The summed E-state index contributed by atoms with van der Waals surface area (Å²) in [6, 6.07) is 10.0. The number of nitrogens with zero attached hydrogens (tertiary/aromatic N) is 6. The van der Waals surface area contributed by atoms with Crippen LogP contribution < -0.4 is 15.4 Å². The number of aromatic nitrogens is 4. The fraction of sp³-hybridized carbons (Fsp3) is 0.481. The predicted octanol–water partition coefficient (Wildman–Crippen LogP) is 2.85. The summed E-state index contributed by atoms with van der Waals surface area (Å²) in [5.74, 6) is 6.80. The third-order valence-electron chi connectivity index (χ3n) is 6.36. The van der Waals surface area contributed by atoms with Crippen LogP contribution in [0.1, 0.15) is 38.7 Å². The predicted molar refractivity (Wildman–Crippen MR) is 141 cm³/mol. The van der Waals surface area contributed by atoms with Gasteiger partial charge in [-0.1, -0.05) is 36.3 Å². The molecule has 0 saturated carbocycles. The fourth-order valence-corrected chi connectivity index (χ4v) is 4.58. The maximum Gasteiger partial charge on any atom is 0.325 e. The Balaban J connectivity index is 1.83. The second-order valence-electron chi connectivity index (χ2n) is 8.91. The van der Waals surface area contributed by atoms with E-state index in [1.807, 2.05) is 34.9 Å². The van der Waals surface area contributed by atoms with Crippen LogP contribution in [-0.2, 0) is 29.0 Å². The van der Waals surface area contributed by atoms with Crippen molar-refractivity contribution in [2.75, 3.05) is 43.1 Å². The SMILES string of the molecule is CC#CCn1c(N2CCCCC2)nc2nc(N(C)CC(=O)OCC)n(CCc3ccccc3)c(=O)c21. The number of hydrogen-bond donors (Lipinski definition) is 0. The lowest BCUT2D eigenvalue weighted by molar-refractivity contribution is -0.141. The second kappa shape index (κ2) is 11.8. The number of rotatable bonds is 9. The summed E-state index contributed by atoms with van der Waals surface area (Å²) >= 11 is 0. The highest BCUT2D eigenvalue weighted by Crippen LogP contribution is 2.24. The molecule has 3 aromatic rings. The molecular formula is C27H34N6O3. The van der Waals surface area contributed by atoms with E-state index in [4.69, 9.17) is 14.7 Å². The highest BCUT2D eigenvalue weighted by atomic mass is 16.5. The fourth-order valence-electron chi connectivity index (χ4n) is 4.58. The number of ether oxygens (including phenoxy) is 1. The Kier molecular flexibility index (Phi) is 8.26. The van der Waals surface area contributed by atoms with Crippen LogP contribution in [0, 0.1) is 11.8 Å². The first-order valence-corrected chi connectivity index (χ1v) is 12.6. The van der Waals surface area contributed by atoms with Crippen molar-refractivity contribution in [1.29, 1.82) is 0 Å². The van der Waals surface area contributed by atoms with Crippen molar-refractivity contribution in [1.82, 2.24) is 19.1 Å². The van der Waals surface area contributed by atoms with Crippen molar-refractivity contribution in [3.05, 3.63) is 46.2 Å². The number of benzene rings is 1. The number of imidazole rings is 1. The molecule has 0 atom stereocenters. The van der Waals surface area contributed by atoms with Crippen molar-refractivity contribution in [3.63, 3.8) is 0 Å². The highest BCUT2D eigenvalue weighted by molar-refractivity contribution is 5.78. The van der Waals surface area contributed by atoms with E-state index in [0.29, 0.717) is 43.2 Å². The van der Waals surface area contributed by atoms with Gasteiger partial charge in [0.05, 0.1) is 13.2 Å². The van der Waals surface area contributed by atoms with Crippen LogP contribution in [0.3, 0.4) is 0 Å². The van der Waals surface area contributed by atoms with Crippen LogP contribution in [0.4, 0.5) is 11.9 Å². The molecule has 190 valence electrons. The van der Waals surface area contributed by atoms with E-state index in [-0.39, 0.29) is 18.1 Å². The van der Waals surface area contributed by atoms with Crippen LogP contribution >= 0.6 is 0 Å². The van der Waals surface area contributed by atoms with Gasteiger partial charge in [0.25, 0.3) is 5.56 Å². The second-order valence-corrected chi connectivity index (χ2v) is 8.91.